The summed E-state index contributed by atoms with van der Waals surface area (Å²) in [5.74, 6) is 0.569. The number of nitrogens with zero attached hydrogens (tertiary/aromatic N) is 1. The van der Waals surface area contributed by atoms with Crippen LogP contribution in [-0.4, -0.2) is 37.6 Å². The minimum absolute atomic E-state index is 0.329. The minimum atomic E-state index is -0.329. The van der Waals surface area contributed by atoms with Gasteiger partial charge in [0.25, 0.3) is 0 Å². The largest absolute Gasteiger partial charge is 0.351 e. The summed E-state index contributed by atoms with van der Waals surface area (Å²) >= 11 is 0. The topological polar surface area (TPSA) is 58.4 Å². The second-order valence-corrected chi connectivity index (χ2v) is 3.78. The highest BCUT2D eigenvalue weighted by Crippen LogP contribution is 2.11. The van der Waals surface area contributed by atoms with Crippen molar-refractivity contribution in [2.75, 3.05) is 26.7 Å². The van der Waals surface area contributed by atoms with Gasteiger partial charge in [-0.05, 0) is 31.8 Å². The quantitative estimate of drug-likeness (QED) is 0.653. The summed E-state index contributed by atoms with van der Waals surface area (Å²) in [7, 11) is 1.76. The Kier molecular flexibility index (Phi) is 4.02. The van der Waals surface area contributed by atoms with Gasteiger partial charge in [-0.1, -0.05) is 6.42 Å². The molecule has 0 bridgehead atoms. The molecule has 0 aliphatic carbocycles. The monoisotopic (exact) mass is 185 g/mol. The molecule has 0 spiro atoms. The van der Waals surface area contributed by atoms with Gasteiger partial charge in [0, 0.05) is 13.6 Å². The zero-order valence-corrected chi connectivity index (χ0v) is 8.25. The second kappa shape index (κ2) is 5.07. The molecule has 1 aliphatic heterocycles. The number of nitrogens with one attached hydrogen (secondary N) is 1. The maximum atomic E-state index is 10.8. The maximum Gasteiger partial charge on any atom is 0.314 e. The average molecular weight is 185 g/mol. The Labute approximate surface area is 79.5 Å². The van der Waals surface area contributed by atoms with Gasteiger partial charge in [0.15, 0.2) is 0 Å². The van der Waals surface area contributed by atoms with Crippen LogP contribution in [0.15, 0.2) is 0 Å². The number of amides is 2. The Bertz CT molecular complexity index is 164. The Hall–Kier alpha value is -0.770. The molecule has 1 fully saturated rings. The molecule has 1 unspecified atom stereocenters. The van der Waals surface area contributed by atoms with Crippen molar-refractivity contribution in [2.24, 2.45) is 11.7 Å². The summed E-state index contributed by atoms with van der Waals surface area (Å²) in [6, 6.07) is -0.329. The van der Waals surface area contributed by atoms with E-state index in [1.165, 1.54) is 19.3 Å². The first-order valence-corrected chi connectivity index (χ1v) is 4.91. The molecular formula is C9H19N3O. The van der Waals surface area contributed by atoms with E-state index in [1.54, 1.807) is 11.9 Å². The SMILES string of the molecule is CN(CC1CCCCNC1)C(N)=O. The molecule has 4 nitrogen and oxygen atoms in total. The van der Waals surface area contributed by atoms with Gasteiger partial charge < -0.3 is 16.0 Å². The number of carbonyl (C=O) groups is 1. The van der Waals surface area contributed by atoms with Crippen molar-refractivity contribution in [1.82, 2.24) is 10.2 Å². The molecule has 2 amide bonds. The fourth-order valence-electron chi connectivity index (χ4n) is 1.72. The number of rotatable bonds is 2. The summed E-state index contributed by atoms with van der Waals surface area (Å²) in [6.45, 7) is 2.90. The molecule has 0 aromatic heterocycles. The van der Waals surface area contributed by atoms with E-state index in [9.17, 15) is 4.79 Å². The Morgan fingerprint density at radius 1 is 1.62 bits per heavy atom. The molecule has 3 N–H and O–H groups in total. The van der Waals surface area contributed by atoms with Gasteiger partial charge in [0.1, 0.15) is 0 Å². The number of hydrogen-bond acceptors (Lipinski definition) is 2. The zero-order chi connectivity index (χ0) is 9.68. The highest BCUT2D eigenvalue weighted by atomic mass is 16.2. The van der Waals surface area contributed by atoms with Gasteiger partial charge in [0.05, 0.1) is 0 Å². The third kappa shape index (κ3) is 3.63. The molecule has 1 heterocycles. The van der Waals surface area contributed by atoms with Crippen molar-refractivity contribution < 1.29 is 4.79 Å². The molecule has 1 saturated heterocycles. The first-order valence-electron chi connectivity index (χ1n) is 4.91. The Morgan fingerprint density at radius 2 is 2.38 bits per heavy atom. The maximum absolute atomic E-state index is 10.8. The fourth-order valence-corrected chi connectivity index (χ4v) is 1.72. The third-order valence-corrected chi connectivity index (χ3v) is 2.56. The Balaban J connectivity index is 2.29. The van der Waals surface area contributed by atoms with Crippen LogP contribution in [0.5, 0.6) is 0 Å². The van der Waals surface area contributed by atoms with Crippen LogP contribution in [0, 0.1) is 5.92 Å². The lowest BCUT2D eigenvalue weighted by Gasteiger charge is -2.21. The van der Waals surface area contributed by atoms with Crippen molar-refractivity contribution in [3.63, 3.8) is 0 Å². The van der Waals surface area contributed by atoms with Gasteiger partial charge in [-0.15, -0.1) is 0 Å². The van der Waals surface area contributed by atoms with Crippen molar-refractivity contribution in [3.05, 3.63) is 0 Å². The van der Waals surface area contributed by atoms with E-state index >= 15 is 0 Å². The number of hydrogen-bond donors (Lipinski definition) is 2. The smallest absolute Gasteiger partial charge is 0.314 e. The van der Waals surface area contributed by atoms with Crippen molar-refractivity contribution in [1.29, 1.82) is 0 Å². The normalized spacial score (nSPS) is 23.6. The first-order chi connectivity index (χ1) is 6.20. The van der Waals surface area contributed by atoms with Gasteiger partial charge in [-0.25, -0.2) is 4.79 Å². The van der Waals surface area contributed by atoms with Gasteiger partial charge in [-0.2, -0.15) is 0 Å². The van der Waals surface area contributed by atoms with Gasteiger partial charge in [0.2, 0.25) is 0 Å². The molecule has 76 valence electrons. The summed E-state index contributed by atoms with van der Waals surface area (Å²) in [4.78, 5) is 12.4. The average Bonchev–Trinajstić information content (AvgIpc) is 2.32. The molecule has 0 aromatic carbocycles. The van der Waals surface area contributed by atoms with E-state index in [-0.39, 0.29) is 6.03 Å². The Morgan fingerprint density at radius 3 is 3.08 bits per heavy atom. The number of nitrogens with two attached hydrogens (primary N) is 1. The summed E-state index contributed by atoms with van der Waals surface area (Å²) in [6.07, 6.45) is 3.70. The lowest BCUT2D eigenvalue weighted by atomic mass is 10.0. The first kappa shape index (κ1) is 10.3. The van der Waals surface area contributed by atoms with E-state index < -0.39 is 0 Å². The highest BCUT2D eigenvalue weighted by Gasteiger charge is 2.15. The van der Waals surface area contributed by atoms with Crippen LogP contribution >= 0.6 is 0 Å². The van der Waals surface area contributed by atoms with Crippen molar-refractivity contribution >= 4 is 6.03 Å². The van der Waals surface area contributed by atoms with Crippen LogP contribution in [0.2, 0.25) is 0 Å². The minimum Gasteiger partial charge on any atom is -0.351 e. The molecule has 0 saturated carbocycles. The molecule has 0 aromatic rings. The second-order valence-electron chi connectivity index (χ2n) is 3.78. The zero-order valence-electron chi connectivity index (χ0n) is 8.25. The molecule has 4 heteroatoms. The molecule has 1 aliphatic rings. The van der Waals surface area contributed by atoms with Crippen LogP contribution < -0.4 is 11.1 Å². The molecule has 0 radical (unpaired) electrons. The van der Waals surface area contributed by atoms with Gasteiger partial charge in [-0.3, -0.25) is 0 Å². The number of urea groups is 1. The summed E-state index contributed by atoms with van der Waals surface area (Å²) in [5.41, 5.74) is 5.16. The number of primary amides is 1. The molecular weight excluding hydrogens is 166 g/mol. The van der Waals surface area contributed by atoms with Gasteiger partial charge >= 0.3 is 6.03 Å². The van der Waals surface area contributed by atoms with E-state index in [1.807, 2.05) is 0 Å². The predicted octanol–water partition coefficient (Wildman–Crippen LogP) is 0.387. The summed E-state index contributed by atoms with van der Waals surface area (Å²) < 4.78 is 0. The van der Waals surface area contributed by atoms with Crippen LogP contribution in [0.1, 0.15) is 19.3 Å². The van der Waals surface area contributed by atoms with E-state index in [4.69, 9.17) is 5.73 Å². The van der Waals surface area contributed by atoms with Crippen LogP contribution in [0.4, 0.5) is 4.79 Å². The highest BCUT2D eigenvalue weighted by molar-refractivity contribution is 5.71. The van der Waals surface area contributed by atoms with E-state index in [0.29, 0.717) is 5.92 Å². The van der Waals surface area contributed by atoms with E-state index in [0.717, 1.165) is 19.6 Å². The van der Waals surface area contributed by atoms with E-state index in [2.05, 4.69) is 5.32 Å². The lowest BCUT2D eigenvalue weighted by Crippen LogP contribution is -2.38. The van der Waals surface area contributed by atoms with Crippen molar-refractivity contribution in [3.8, 4) is 0 Å². The predicted molar refractivity (Wildman–Crippen MR) is 52.4 cm³/mol. The van der Waals surface area contributed by atoms with Crippen molar-refractivity contribution in [2.45, 2.75) is 19.3 Å². The van der Waals surface area contributed by atoms with Crippen LogP contribution in [0.3, 0.4) is 0 Å². The summed E-state index contributed by atoms with van der Waals surface area (Å²) in [5, 5.41) is 3.36. The molecule has 1 rings (SSSR count). The van der Waals surface area contributed by atoms with Crippen LogP contribution in [0.25, 0.3) is 0 Å². The lowest BCUT2D eigenvalue weighted by molar-refractivity contribution is 0.208. The third-order valence-electron chi connectivity index (χ3n) is 2.56. The number of carbonyl (C=O) groups excluding carboxylic acids is 1. The fraction of sp³-hybridized carbons (Fsp3) is 0.889. The molecule has 1 atom stereocenters. The standard InChI is InChI=1S/C9H19N3O/c1-12(9(10)13)7-8-4-2-3-5-11-6-8/h8,11H,2-7H2,1H3,(H2,10,13). The molecule has 13 heavy (non-hydrogen) atoms. The van der Waals surface area contributed by atoms with Crippen LogP contribution in [-0.2, 0) is 0 Å².